The Balaban J connectivity index is -0.000000242. The van der Waals surface area contributed by atoms with E-state index in [2.05, 4.69) is 53.8 Å². The summed E-state index contributed by atoms with van der Waals surface area (Å²) in [5.74, 6) is 2.83. The summed E-state index contributed by atoms with van der Waals surface area (Å²) in [7, 11) is 0. The summed E-state index contributed by atoms with van der Waals surface area (Å²) in [4.78, 5) is 9.86. The summed E-state index contributed by atoms with van der Waals surface area (Å²) < 4.78 is 0. The van der Waals surface area contributed by atoms with Gasteiger partial charge in [-0.15, -0.1) is 17.8 Å². The van der Waals surface area contributed by atoms with Crippen LogP contribution in [0.1, 0.15) is 47.1 Å². The Kier molecular flexibility index (Phi) is 20.0. The number of benzene rings is 1. The average molecular weight is 287 g/mol. The van der Waals surface area contributed by atoms with Crippen LogP contribution in [-0.4, -0.2) is 44.1 Å². The van der Waals surface area contributed by atoms with Gasteiger partial charge in [-0.05, 0) is 0 Å². The molecule has 0 aliphatic rings. The van der Waals surface area contributed by atoms with Crippen molar-refractivity contribution in [3.8, 4) is 0 Å². The van der Waals surface area contributed by atoms with E-state index in [4.69, 9.17) is 0 Å². The van der Waals surface area contributed by atoms with Crippen molar-refractivity contribution in [1.82, 2.24) is 0 Å². The zero-order valence-electron chi connectivity index (χ0n) is 13.1. The van der Waals surface area contributed by atoms with Crippen LogP contribution in [0, 0.1) is 18.8 Å². The third-order valence-corrected chi connectivity index (χ3v) is 1.20. The molecule has 1 aromatic rings. The molecule has 0 aliphatic heterocycles. The molecular formula is C16H25CaNO-2. The number of para-hydroxylation sites is 1. The van der Waals surface area contributed by atoms with E-state index in [-0.39, 0.29) is 37.7 Å². The Bertz CT molecular complexity index is 300. The first kappa shape index (κ1) is 23.9. The van der Waals surface area contributed by atoms with Crippen LogP contribution in [0.2, 0.25) is 0 Å². The molecule has 0 heterocycles. The number of nitrogens with one attached hydrogen (secondary N) is 1. The molecule has 1 amide bonds. The molecule has 2 nitrogen and oxygen atoms in total. The van der Waals surface area contributed by atoms with Crippen molar-refractivity contribution in [1.29, 1.82) is 0 Å². The number of carbonyl (C=O) groups excluding carboxylic acids is 1. The average Bonchev–Trinajstić information content (AvgIpc) is 2.20. The van der Waals surface area contributed by atoms with Gasteiger partial charge in [-0.3, -0.25) is 0 Å². The van der Waals surface area contributed by atoms with E-state index in [1.807, 2.05) is 18.2 Å². The number of rotatable bonds is 2. The molecule has 0 saturated heterocycles. The van der Waals surface area contributed by atoms with Crippen LogP contribution in [0.5, 0.6) is 0 Å². The van der Waals surface area contributed by atoms with Gasteiger partial charge in [0.2, 0.25) is 0 Å². The van der Waals surface area contributed by atoms with Crippen molar-refractivity contribution < 1.29 is 4.79 Å². The molecule has 0 radical (unpaired) electrons. The maximum atomic E-state index is 9.86. The SMILES string of the molecule is C[C-](C)C.C[C-](C)C.[CH2-]c1ccccc1N[C-]=O.[Ca+2]. The van der Waals surface area contributed by atoms with Gasteiger partial charge in [0.25, 0.3) is 0 Å². The summed E-state index contributed by atoms with van der Waals surface area (Å²) in [6.45, 7) is 16.2. The molecule has 0 fully saturated rings. The first-order valence-electron chi connectivity index (χ1n) is 5.89. The van der Waals surface area contributed by atoms with Crippen LogP contribution >= 0.6 is 0 Å². The Morgan fingerprint density at radius 2 is 1.37 bits per heavy atom. The Labute approximate surface area is 149 Å². The minimum absolute atomic E-state index is 0. The Morgan fingerprint density at radius 1 is 1.00 bits per heavy atom. The van der Waals surface area contributed by atoms with Gasteiger partial charge in [0.1, 0.15) is 0 Å². The minimum atomic E-state index is 0. The van der Waals surface area contributed by atoms with E-state index in [9.17, 15) is 4.79 Å². The molecule has 0 aliphatic carbocycles. The summed E-state index contributed by atoms with van der Waals surface area (Å²) >= 11 is 0. The van der Waals surface area contributed by atoms with E-state index >= 15 is 0 Å². The van der Waals surface area contributed by atoms with E-state index in [1.54, 1.807) is 12.5 Å². The predicted molar refractivity (Wildman–Crippen MR) is 86.5 cm³/mol. The van der Waals surface area contributed by atoms with Crippen molar-refractivity contribution in [2.24, 2.45) is 0 Å². The number of anilines is 1. The standard InChI is InChI=1S/C8H7NO.2C4H9.Ca/c1-7-4-2-3-5-8(7)9-6-10;2*1-4(2)3;/h2-5H,1H2,(H,9,10);2*1-3H3;/q-2;2*-1;+2. The molecule has 1 N–H and O–H groups in total. The number of hydrogen-bond acceptors (Lipinski definition) is 1. The van der Waals surface area contributed by atoms with Crippen LogP contribution in [0.15, 0.2) is 24.3 Å². The monoisotopic (exact) mass is 287 g/mol. The zero-order chi connectivity index (χ0) is 14.6. The van der Waals surface area contributed by atoms with Gasteiger partial charge in [0.05, 0.1) is 6.41 Å². The normalized spacial score (nSPS) is 8.42. The van der Waals surface area contributed by atoms with Gasteiger partial charge in [-0.2, -0.15) is 47.6 Å². The molecule has 1 rings (SSSR count). The van der Waals surface area contributed by atoms with Crippen LogP contribution in [-0.2, 0) is 4.79 Å². The smallest absolute Gasteiger partial charge is 0.491 e. The molecule has 0 spiro atoms. The Hall–Kier alpha value is -0.180. The maximum absolute atomic E-state index is 9.86. The molecule has 0 atom stereocenters. The van der Waals surface area contributed by atoms with E-state index in [0.29, 0.717) is 5.69 Å². The second-order valence-electron chi connectivity index (χ2n) is 4.88. The molecule has 0 saturated carbocycles. The fourth-order valence-electron chi connectivity index (χ4n) is 0.697. The molecule has 19 heavy (non-hydrogen) atoms. The molecule has 1 aromatic carbocycles. The van der Waals surface area contributed by atoms with Crippen molar-refractivity contribution in [3.63, 3.8) is 0 Å². The first-order valence-corrected chi connectivity index (χ1v) is 5.89. The number of hydrogen-bond donors (Lipinski definition) is 1. The van der Waals surface area contributed by atoms with Crippen molar-refractivity contribution >= 4 is 49.8 Å². The molecular weight excluding hydrogens is 262 g/mol. The molecule has 3 heteroatoms. The first-order chi connectivity index (χ1) is 8.31. The fourth-order valence-corrected chi connectivity index (χ4v) is 0.697. The zero-order valence-corrected chi connectivity index (χ0v) is 15.3. The van der Waals surface area contributed by atoms with Crippen LogP contribution < -0.4 is 5.32 Å². The van der Waals surface area contributed by atoms with Gasteiger partial charge >= 0.3 is 37.7 Å². The second-order valence-corrected chi connectivity index (χ2v) is 4.88. The fraction of sp³-hybridized carbons (Fsp3) is 0.375. The van der Waals surface area contributed by atoms with Gasteiger partial charge in [0, 0.05) is 0 Å². The minimum Gasteiger partial charge on any atom is -0.491 e. The Morgan fingerprint density at radius 3 is 1.68 bits per heavy atom. The van der Waals surface area contributed by atoms with Gasteiger partial charge in [-0.1, -0.05) is 6.07 Å². The predicted octanol–water partition coefficient (Wildman–Crippen LogP) is 4.21. The summed E-state index contributed by atoms with van der Waals surface area (Å²) in [6.07, 6.45) is 1.58. The largest absolute Gasteiger partial charge is 2.00 e. The maximum Gasteiger partial charge on any atom is 2.00 e. The molecule has 104 valence electrons. The van der Waals surface area contributed by atoms with E-state index < -0.39 is 0 Å². The third-order valence-electron chi connectivity index (χ3n) is 1.20. The van der Waals surface area contributed by atoms with Crippen LogP contribution in [0.4, 0.5) is 5.69 Å². The van der Waals surface area contributed by atoms with Gasteiger partial charge in [0.15, 0.2) is 0 Å². The van der Waals surface area contributed by atoms with Gasteiger partial charge < -0.3 is 21.9 Å². The van der Waals surface area contributed by atoms with E-state index in [0.717, 1.165) is 5.56 Å². The second kappa shape index (κ2) is 15.9. The quantitative estimate of drug-likeness (QED) is 0.493. The van der Waals surface area contributed by atoms with Gasteiger partial charge in [-0.25, -0.2) is 12.5 Å². The van der Waals surface area contributed by atoms with E-state index in [1.165, 1.54) is 11.8 Å². The molecule has 0 bridgehead atoms. The van der Waals surface area contributed by atoms with Crippen molar-refractivity contribution in [2.45, 2.75) is 41.5 Å². The topological polar surface area (TPSA) is 29.1 Å². The summed E-state index contributed by atoms with van der Waals surface area (Å²) in [5, 5.41) is 2.41. The summed E-state index contributed by atoms with van der Waals surface area (Å²) in [6, 6.07) is 7.28. The number of amides is 1. The van der Waals surface area contributed by atoms with Crippen LogP contribution in [0.3, 0.4) is 0 Å². The molecule has 0 aromatic heterocycles. The van der Waals surface area contributed by atoms with Crippen molar-refractivity contribution in [2.75, 3.05) is 5.32 Å². The summed E-state index contributed by atoms with van der Waals surface area (Å²) in [5.41, 5.74) is 1.50. The van der Waals surface area contributed by atoms with Crippen molar-refractivity contribution in [3.05, 3.63) is 48.6 Å². The third kappa shape index (κ3) is 23.4. The molecule has 0 unspecified atom stereocenters. The van der Waals surface area contributed by atoms with Crippen LogP contribution in [0.25, 0.3) is 0 Å².